The second kappa shape index (κ2) is 6.40. The lowest BCUT2D eigenvalue weighted by Crippen LogP contribution is -2.36. The molecule has 6 heteroatoms. The van der Waals surface area contributed by atoms with Gasteiger partial charge in [-0.05, 0) is 44.2 Å². The number of rotatable bonds is 6. The molecule has 2 aromatic heterocycles. The van der Waals surface area contributed by atoms with Crippen molar-refractivity contribution in [3.05, 3.63) is 52.0 Å². The number of carbonyl (C=O) groups excluding carboxylic acids is 1. The Morgan fingerprint density at radius 2 is 2.17 bits per heavy atom. The molecule has 2 aromatic rings. The SMILES string of the molecule is Cc1cc(C)n(CC2CC2)c(=O)c1C(=O)NCCn1ccnc1. The maximum absolute atomic E-state index is 12.7. The number of nitrogens with one attached hydrogen (secondary N) is 1. The number of carbonyl (C=O) groups is 1. The van der Waals surface area contributed by atoms with Gasteiger partial charge in [0, 0.05) is 37.7 Å². The van der Waals surface area contributed by atoms with Gasteiger partial charge in [0.05, 0.1) is 6.33 Å². The van der Waals surface area contributed by atoms with E-state index in [1.165, 1.54) is 12.8 Å². The molecule has 0 unspecified atom stereocenters. The third-order valence-corrected chi connectivity index (χ3v) is 4.28. The van der Waals surface area contributed by atoms with Crippen molar-refractivity contribution in [2.45, 2.75) is 39.8 Å². The monoisotopic (exact) mass is 314 g/mol. The van der Waals surface area contributed by atoms with Crippen molar-refractivity contribution in [1.29, 1.82) is 0 Å². The van der Waals surface area contributed by atoms with Crippen LogP contribution in [-0.2, 0) is 13.1 Å². The average molecular weight is 314 g/mol. The molecule has 122 valence electrons. The van der Waals surface area contributed by atoms with Crippen LogP contribution in [-0.4, -0.2) is 26.6 Å². The van der Waals surface area contributed by atoms with Crippen LogP contribution in [0.5, 0.6) is 0 Å². The highest BCUT2D eigenvalue weighted by molar-refractivity contribution is 5.95. The molecule has 0 aliphatic heterocycles. The van der Waals surface area contributed by atoms with E-state index in [0.29, 0.717) is 19.0 Å². The third-order valence-electron chi connectivity index (χ3n) is 4.28. The summed E-state index contributed by atoms with van der Waals surface area (Å²) in [7, 11) is 0. The van der Waals surface area contributed by atoms with Gasteiger partial charge in [0.1, 0.15) is 5.56 Å². The van der Waals surface area contributed by atoms with E-state index in [2.05, 4.69) is 10.3 Å². The lowest BCUT2D eigenvalue weighted by atomic mass is 10.1. The number of nitrogens with zero attached hydrogens (tertiary/aromatic N) is 3. The number of hydrogen-bond acceptors (Lipinski definition) is 3. The molecule has 3 rings (SSSR count). The molecule has 1 aliphatic carbocycles. The molecular formula is C17H22N4O2. The second-order valence-corrected chi connectivity index (χ2v) is 6.26. The van der Waals surface area contributed by atoms with Crippen LogP contribution in [0.25, 0.3) is 0 Å². The van der Waals surface area contributed by atoms with Crippen LogP contribution < -0.4 is 10.9 Å². The zero-order valence-corrected chi connectivity index (χ0v) is 13.6. The lowest BCUT2D eigenvalue weighted by molar-refractivity contribution is 0.0949. The smallest absolute Gasteiger partial charge is 0.263 e. The fourth-order valence-electron chi connectivity index (χ4n) is 2.79. The van der Waals surface area contributed by atoms with Crippen molar-refractivity contribution in [3.63, 3.8) is 0 Å². The van der Waals surface area contributed by atoms with E-state index < -0.39 is 0 Å². The van der Waals surface area contributed by atoms with Gasteiger partial charge >= 0.3 is 0 Å². The average Bonchev–Trinajstić information content (AvgIpc) is 3.17. The van der Waals surface area contributed by atoms with Gasteiger partial charge in [0.2, 0.25) is 0 Å². The van der Waals surface area contributed by atoms with Crippen molar-refractivity contribution in [2.24, 2.45) is 5.92 Å². The van der Waals surface area contributed by atoms with E-state index in [0.717, 1.165) is 17.8 Å². The van der Waals surface area contributed by atoms with Gasteiger partial charge in [-0.3, -0.25) is 9.59 Å². The van der Waals surface area contributed by atoms with Crippen molar-refractivity contribution in [2.75, 3.05) is 6.54 Å². The largest absolute Gasteiger partial charge is 0.350 e. The van der Waals surface area contributed by atoms with Crippen molar-refractivity contribution >= 4 is 5.91 Å². The van der Waals surface area contributed by atoms with Crippen LogP contribution in [0.1, 0.15) is 34.5 Å². The van der Waals surface area contributed by atoms with Gasteiger partial charge in [-0.25, -0.2) is 4.98 Å². The highest BCUT2D eigenvalue weighted by Gasteiger charge is 2.25. The minimum Gasteiger partial charge on any atom is -0.350 e. The molecule has 1 aliphatic rings. The van der Waals surface area contributed by atoms with Crippen molar-refractivity contribution < 1.29 is 4.79 Å². The highest BCUT2D eigenvalue weighted by Crippen LogP contribution is 2.30. The fourth-order valence-corrected chi connectivity index (χ4v) is 2.79. The Bertz CT molecular complexity index is 758. The highest BCUT2D eigenvalue weighted by atomic mass is 16.2. The topological polar surface area (TPSA) is 68.9 Å². The quantitative estimate of drug-likeness (QED) is 0.878. The minimum absolute atomic E-state index is 0.172. The summed E-state index contributed by atoms with van der Waals surface area (Å²) in [5.74, 6) is 0.295. The molecule has 0 radical (unpaired) electrons. The second-order valence-electron chi connectivity index (χ2n) is 6.26. The van der Waals surface area contributed by atoms with E-state index in [1.54, 1.807) is 17.1 Å². The number of aromatic nitrogens is 3. The number of aryl methyl sites for hydroxylation is 2. The zero-order valence-electron chi connectivity index (χ0n) is 13.6. The third kappa shape index (κ3) is 3.52. The summed E-state index contributed by atoms with van der Waals surface area (Å²) in [6, 6.07) is 1.93. The van der Waals surface area contributed by atoms with Crippen molar-refractivity contribution in [1.82, 2.24) is 19.4 Å². The maximum Gasteiger partial charge on any atom is 0.263 e. The predicted octanol–water partition coefficient (Wildman–Crippen LogP) is 1.50. The van der Waals surface area contributed by atoms with E-state index >= 15 is 0 Å². The first-order valence-corrected chi connectivity index (χ1v) is 8.01. The van der Waals surface area contributed by atoms with Gasteiger partial charge in [0.25, 0.3) is 11.5 Å². The standard InChI is InChI=1S/C17H22N4O2/c1-12-9-13(2)21(10-14-3-4-14)17(23)15(12)16(22)19-6-8-20-7-5-18-11-20/h5,7,9,11,14H,3-4,6,8,10H2,1-2H3,(H,19,22). The van der Waals surface area contributed by atoms with E-state index in [1.807, 2.05) is 30.7 Å². The van der Waals surface area contributed by atoms with Gasteiger partial charge in [0.15, 0.2) is 0 Å². The molecule has 0 saturated heterocycles. The van der Waals surface area contributed by atoms with Crippen LogP contribution in [0, 0.1) is 19.8 Å². The van der Waals surface area contributed by atoms with Crippen LogP contribution in [0.3, 0.4) is 0 Å². The van der Waals surface area contributed by atoms with Gasteiger partial charge in [-0.1, -0.05) is 0 Å². The zero-order chi connectivity index (χ0) is 16.4. The Balaban J connectivity index is 1.74. The molecule has 23 heavy (non-hydrogen) atoms. The van der Waals surface area contributed by atoms with E-state index in [-0.39, 0.29) is 17.0 Å². The molecule has 0 aromatic carbocycles. The Morgan fingerprint density at radius 3 is 2.83 bits per heavy atom. The number of imidazole rings is 1. The summed E-state index contributed by atoms with van der Waals surface area (Å²) in [6.45, 7) is 5.57. The maximum atomic E-state index is 12.7. The van der Waals surface area contributed by atoms with Gasteiger partial charge < -0.3 is 14.5 Å². The van der Waals surface area contributed by atoms with Crippen LogP contribution >= 0.6 is 0 Å². The van der Waals surface area contributed by atoms with Gasteiger partial charge in [-0.2, -0.15) is 0 Å². The Kier molecular flexibility index (Phi) is 4.32. The van der Waals surface area contributed by atoms with Crippen LogP contribution in [0.15, 0.2) is 29.6 Å². The van der Waals surface area contributed by atoms with E-state index in [4.69, 9.17) is 0 Å². The molecule has 6 nitrogen and oxygen atoms in total. The van der Waals surface area contributed by atoms with E-state index in [9.17, 15) is 9.59 Å². The summed E-state index contributed by atoms with van der Waals surface area (Å²) in [6.07, 6.45) is 7.58. The Hall–Kier alpha value is -2.37. The molecule has 1 fully saturated rings. The van der Waals surface area contributed by atoms with Crippen molar-refractivity contribution in [3.8, 4) is 0 Å². The molecule has 0 atom stereocenters. The number of pyridine rings is 1. The number of hydrogen-bond donors (Lipinski definition) is 1. The first-order valence-electron chi connectivity index (χ1n) is 8.01. The Labute approximate surface area is 135 Å². The summed E-state index contributed by atoms with van der Waals surface area (Å²) < 4.78 is 3.63. The van der Waals surface area contributed by atoms with Crippen LogP contribution in [0.4, 0.5) is 0 Å². The molecule has 1 saturated carbocycles. The predicted molar refractivity (Wildman–Crippen MR) is 87.5 cm³/mol. The normalized spacial score (nSPS) is 14.0. The number of amides is 1. The van der Waals surface area contributed by atoms with Crippen LogP contribution in [0.2, 0.25) is 0 Å². The molecule has 1 N–H and O–H groups in total. The molecule has 2 heterocycles. The summed E-state index contributed by atoms with van der Waals surface area (Å²) in [5.41, 5.74) is 1.76. The molecule has 0 bridgehead atoms. The summed E-state index contributed by atoms with van der Waals surface area (Å²) >= 11 is 0. The molecule has 0 spiro atoms. The Morgan fingerprint density at radius 1 is 1.39 bits per heavy atom. The fraction of sp³-hybridized carbons (Fsp3) is 0.471. The summed E-state index contributed by atoms with van der Waals surface area (Å²) in [4.78, 5) is 29.1. The van der Waals surface area contributed by atoms with Gasteiger partial charge in [-0.15, -0.1) is 0 Å². The molecule has 1 amide bonds. The first kappa shape index (κ1) is 15.5. The first-order chi connectivity index (χ1) is 11.1. The summed E-state index contributed by atoms with van der Waals surface area (Å²) in [5, 5.41) is 2.83. The molecular weight excluding hydrogens is 292 g/mol. The minimum atomic E-state index is -0.294. The lowest BCUT2D eigenvalue weighted by Gasteiger charge is -2.14.